The first-order chi connectivity index (χ1) is 8.74. The quantitative estimate of drug-likeness (QED) is 0.209. The summed E-state index contributed by atoms with van der Waals surface area (Å²) in [4.78, 5) is 0. The van der Waals surface area contributed by atoms with Gasteiger partial charge >= 0.3 is 0 Å². The van der Waals surface area contributed by atoms with Gasteiger partial charge in [0.1, 0.15) is 0 Å². The van der Waals surface area contributed by atoms with Crippen LogP contribution in [0.5, 0.6) is 0 Å². The van der Waals surface area contributed by atoms with E-state index in [2.05, 4.69) is 20.8 Å². The maximum Gasteiger partial charge on any atom is 0.0594 e. The van der Waals surface area contributed by atoms with Crippen LogP contribution in [0.3, 0.4) is 0 Å². The molecule has 2 heteroatoms. The Morgan fingerprint density at radius 3 is 1.33 bits per heavy atom. The van der Waals surface area contributed by atoms with Gasteiger partial charge in [0.2, 0.25) is 0 Å². The van der Waals surface area contributed by atoms with Gasteiger partial charge in [-0.25, -0.2) is 0 Å². The van der Waals surface area contributed by atoms with Crippen LogP contribution in [-0.2, 0) is 0 Å². The molecule has 0 saturated heterocycles. The van der Waals surface area contributed by atoms with E-state index in [-0.39, 0.29) is 0 Å². The molecule has 0 aliphatic carbocycles. The van der Waals surface area contributed by atoms with E-state index in [1.54, 1.807) is 18.5 Å². The van der Waals surface area contributed by atoms with E-state index < -0.39 is 7.26 Å². The molecule has 18 heavy (non-hydrogen) atoms. The normalized spacial score (nSPS) is 12.0. The molecule has 0 N–H and O–H groups in total. The Morgan fingerprint density at radius 1 is 0.611 bits per heavy atom. The molecule has 0 aromatic carbocycles. The summed E-state index contributed by atoms with van der Waals surface area (Å²) in [6, 6.07) is 0. The number of halogens is 1. The van der Waals surface area contributed by atoms with Crippen molar-refractivity contribution in [2.75, 3.05) is 30.5 Å². The summed E-state index contributed by atoms with van der Waals surface area (Å²) in [5, 5.41) is 0. The highest BCUT2D eigenvalue weighted by molar-refractivity contribution is 7.75. The van der Waals surface area contributed by atoms with Crippen molar-refractivity contribution in [1.29, 1.82) is 0 Å². The van der Waals surface area contributed by atoms with Crippen LogP contribution < -0.4 is 0 Å². The molecule has 0 amide bonds. The van der Waals surface area contributed by atoms with Gasteiger partial charge in [0.15, 0.2) is 0 Å². The molecule has 110 valence electrons. The van der Waals surface area contributed by atoms with Crippen molar-refractivity contribution in [3.8, 4) is 0 Å². The summed E-state index contributed by atoms with van der Waals surface area (Å²) in [5.41, 5.74) is 0. The van der Waals surface area contributed by atoms with Crippen molar-refractivity contribution in [2.45, 2.75) is 72.1 Å². The Morgan fingerprint density at radius 2 is 1.00 bits per heavy atom. The topological polar surface area (TPSA) is 0 Å². The van der Waals surface area contributed by atoms with Crippen LogP contribution in [0.1, 0.15) is 72.1 Å². The molecular weight excluding hydrogens is 259 g/mol. The van der Waals surface area contributed by atoms with Gasteiger partial charge in [-0.1, -0.05) is 40.0 Å². The second kappa shape index (κ2) is 12.7. The fraction of sp³-hybridized carbons (Fsp3) is 1.00. The molecule has 0 heterocycles. The van der Waals surface area contributed by atoms with Gasteiger partial charge in [0.05, 0.1) is 24.6 Å². The molecule has 0 unspecified atom stereocenters. The zero-order chi connectivity index (χ0) is 13.7. The van der Waals surface area contributed by atoms with Crippen molar-refractivity contribution in [1.82, 2.24) is 0 Å². The Hall–Kier alpha value is 0.720. The highest BCUT2D eigenvalue weighted by Crippen LogP contribution is 2.61. The number of hydrogen-bond donors (Lipinski definition) is 0. The molecular formula is C16H35ClP+. The van der Waals surface area contributed by atoms with E-state index in [1.807, 2.05) is 0 Å². The van der Waals surface area contributed by atoms with Crippen molar-refractivity contribution < 1.29 is 0 Å². The lowest BCUT2D eigenvalue weighted by atomic mass is 10.4. The summed E-state index contributed by atoms with van der Waals surface area (Å²) in [6.45, 7) is 7.02. The molecule has 0 spiro atoms. The minimum Gasteiger partial charge on any atom is -0.127 e. The zero-order valence-electron chi connectivity index (χ0n) is 13.0. The van der Waals surface area contributed by atoms with Gasteiger partial charge in [-0.05, 0) is 32.1 Å². The predicted octanol–water partition coefficient (Wildman–Crippen LogP) is 6.42. The monoisotopic (exact) mass is 293 g/mol. The Balaban J connectivity index is 4.41. The zero-order valence-corrected chi connectivity index (χ0v) is 14.7. The number of rotatable bonds is 13. The molecule has 0 aromatic rings. The van der Waals surface area contributed by atoms with Crippen molar-refractivity contribution in [2.24, 2.45) is 0 Å². The minimum atomic E-state index is -0.634. The Bertz CT molecular complexity index is 149. The van der Waals surface area contributed by atoms with Gasteiger partial charge in [0.25, 0.3) is 0 Å². The summed E-state index contributed by atoms with van der Waals surface area (Å²) >= 11 is 5.86. The van der Waals surface area contributed by atoms with Crippen LogP contribution in [-0.4, -0.2) is 30.5 Å². The second-order valence-corrected chi connectivity index (χ2v) is 10.5. The molecule has 0 atom stereocenters. The van der Waals surface area contributed by atoms with Gasteiger partial charge in [-0.2, -0.15) is 0 Å². The van der Waals surface area contributed by atoms with Crippen LogP contribution >= 0.6 is 18.9 Å². The van der Waals surface area contributed by atoms with E-state index >= 15 is 0 Å². The van der Waals surface area contributed by atoms with Crippen LogP contribution in [0.4, 0.5) is 0 Å². The van der Waals surface area contributed by atoms with E-state index in [4.69, 9.17) is 11.6 Å². The van der Waals surface area contributed by atoms with Crippen LogP contribution in [0.2, 0.25) is 0 Å². The Labute approximate surface area is 122 Å². The van der Waals surface area contributed by atoms with Gasteiger partial charge in [-0.15, -0.1) is 11.6 Å². The maximum absolute atomic E-state index is 5.86. The van der Waals surface area contributed by atoms with E-state index in [0.29, 0.717) is 0 Å². The van der Waals surface area contributed by atoms with Crippen molar-refractivity contribution in [3.05, 3.63) is 0 Å². The Kier molecular flexibility index (Phi) is 13.2. The van der Waals surface area contributed by atoms with E-state index in [9.17, 15) is 0 Å². The summed E-state index contributed by atoms with van der Waals surface area (Å²) in [7, 11) is -0.634. The molecule has 0 aliphatic heterocycles. The molecule has 0 aliphatic rings. The third kappa shape index (κ3) is 8.76. The lowest BCUT2D eigenvalue weighted by Gasteiger charge is -2.28. The standard InChI is InChI=1S/C16H35ClP/c1-4-7-13-18(14-8-5-2,15-9-6-3)16-11-10-12-17/h4-16H2,1-3H3/q+1. The molecule has 0 rings (SSSR count). The minimum absolute atomic E-state index is 0.634. The van der Waals surface area contributed by atoms with E-state index in [1.165, 1.54) is 57.5 Å². The third-order valence-corrected chi connectivity index (χ3v) is 9.30. The smallest absolute Gasteiger partial charge is 0.0594 e. The first kappa shape index (κ1) is 18.7. The molecule has 0 nitrogen and oxygen atoms in total. The summed E-state index contributed by atoms with van der Waals surface area (Å²) < 4.78 is 0. The van der Waals surface area contributed by atoms with Crippen LogP contribution in [0, 0.1) is 0 Å². The SMILES string of the molecule is CCCC[P+](CCCC)(CCCC)CCCCCl. The molecule has 0 saturated carbocycles. The van der Waals surface area contributed by atoms with Crippen LogP contribution in [0.25, 0.3) is 0 Å². The van der Waals surface area contributed by atoms with Crippen molar-refractivity contribution >= 4 is 18.9 Å². The fourth-order valence-corrected chi connectivity index (χ4v) is 8.08. The maximum atomic E-state index is 5.86. The first-order valence-corrected chi connectivity index (χ1v) is 11.2. The third-order valence-electron chi connectivity index (χ3n) is 3.97. The average Bonchev–Trinajstić information content (AvgIpc) is 2.40. The highest BCUT2D eigenvalue weighted by atomic mass is 35.5. The number of unbranched alkanes of at least 4 members (excludes halogenated alkanes) is 4. The molecule has 0 fully saturated rings. The molecule has 0 radical (unpaired) electrons. The lowest BCUT2D eigenvalue weighted by Crippen LogP contribution is -2.13. The molecule has 0 bridgehead atoms. The van der Waals surface area contributed by atoms with Gasteiger partial charge in [0, 0.05) is 13.1 Å². The van der Waals surface area contributed by atoms with Crippen LogP contribution in [0.15, 0.2) is 0 Å². The largest absolute Gasteiger partial charge is 0.127 e. The first-order valence-electron chi connectivity index (χ1n) is 8.15. The summed E-state index contributed by atoms with van der Waals surface area (Å²) in [6.07, 6.45) is 17.3. The number of hydrogen-bond acceptors (Lipinski definition) is 0. The second-order valence-electron chi connectivity index (χ2n) is 5.69. The van der Waals surface area contributed by atoms with Gasteiger partial charge < -0.3 is 0 Å². The fourth-order valence-electron chi connectivity index (χ4n) is 2.69. The summed E-state index contributed by atoms with van der Waals surface area (Å²) in [5.74, 6) is 0.856. The van der Waals surface area contributed by atoms with E-state index in [0.717, 1.165) is 5.88 Å². The molecule has 0 aromatic heterocycles. The predicted molar refractivity (Wildman–Crippen MR) is 91.1 cm³/mol. The average molecular weight is 294 g/mol. The highest BCUT2D eigenvalue weighted by Gasteiger charge is 2.34. The lowest BCUT2D eigenvalue weighted by molar-refractivity contribution is 0.816. The van der Waals surface area contributed by atoms with Gasteiger partial charge in [-0.3, -0.25) is 0 Å². The number of alkyl halides is 1. The van der Waals surface area contributed by atoms with Crippen molar-refractivity contribution in [3.63, 3.8) is 0 Å².